The topological polar surface area (TPSA) is 68.5 Å². The Kier molecular flexibility index (Phi) is 5.88. The normalized spacial score (nSPS) is 12.3. The van der Waals surface area contributed by atoms with Crippen LogP contribution in [0, 0.1) is 24.5 Å². The number of fused-ring (bicyclic) bond motifs is 1. The maximum atomic E-state index is 14.6. The molecule has 160 valence electrons. The van der Waals surface area contributed by atoms with Crippen LogP contribution in [0.1, 0.15) is 31.5 Å². The maximum absolute atomic E-state index is 14.6. The van der Waals surface area contributed by atoms with Gasteiger partial charge in [-0.2, -0.15) is 5.10 Å². The molecular weight excluding hydrogens is 398 g/mol. The fraction of sp³-hybridized carbons (Fsp3) is 0.304. The zero-order valence-corrected chi connectivity index (χ0v) is 17.7. The van der Waals surface area contributed by atoms with Crippen LogP contribution >= 0.6 is 0 Å². The molecule has 31 heavy (non-hydrogen) atoms. The summed E-state index contributed by atoms with van der Waals surface area (Å²) in [6.07, 6.45) is 2.63. The number of hydrogen-bond acceptors (Lipinski definition) is 5. The number of aryl methyl sites for hydroxylation is 1. The Hall–Kier alpha value is -3.42. The van der Waals surface area contributed by atoms with Crippen LogP contribution in [-0.4, -0.2) is 31.3 Å². The highest BCUT2D eigenvalue weighted by molar-refractivity contribution is 5.89. The molecular formula is C23H24F2N6. The van der Waals surface area contributed by atoms with Crippen molar-refractivity contribution >= 4 is 16.9 Å². The number of anilines is 1. The van der Waals surface area contributed by atoms with Crippen molar-refractivity contribution in [2.45, 2.75) is 33.7 Å². The third-order valence-corrected chi connectivity index (χ3v) is 5.33. The van der Waals surface area contributed by atoms with Gasteiger partial charge in [-0.25, -0.2) is 28.4 Å². The van der Waals surface area contributed by atoms with E-state index in [1.807, 2.05) is 6.07 Å². The Morgan fingerprint density at radius 3 is 2.68 bits per heavy atom. The minimum atomic E-state index is -0.472. The smallest absolute Gasteiger partial charge is 0.186 e. The van der Waals surface area contributed by atoms with Gasteiger partial charge in [-0.1, -0.05) is 38.5 Å². The molecule has 4 rings (SSSR count). The molecule has 0 radical (unpaired) electrons. The molecule has 4 aromatic rings. The largest absolute Gasteiger partial charge is 0.367 e. The summed E-state index contributed by atoms with van der Waals surface area (Å²) >= 11 is 0. The molecule has 1 aromatic carbocycles. The molecule has 0 saturated heterocycles. The van der Waals surface area contributed by atoms with E-state index in [2.05, 4.69) is 39.2 Å². The van der Waals surface area contributed by atoms with E-state index in [0.29, 0.717) is 35.2 Å². The van der Waals surface area contributed by atoms with Gasteiger partial charge in [-0.15, -0.1) is 0 Å². The first-order chi connectivity index (χ1) is 15.0. The Balaban J connectivity index is 1.78. The molecule has 0 spiro atoms. The van der Waals surface area contributed by atoms with Gasteiger partial charge < -0.3 is 5.32 Å². The van der Waals surface area contributed by atoms with Crippen LogP contribution in [0.15, 0.2) is 42.6 Å². The average molecular weight is 422 g/mol. The van der Waals surface area contributed by atoms with Crippen LogP contribution in [0.25, 0.3) is 22.6 Å². The number of pyridine rings is 1. The van der Waals surface area contributed by atoms with Crippen LogP contribution < -0.4 is 5.32 Å². The minimum Gasteiger partial charge on any atom is -0.367 e. The van der Waals surface area contributed by atoms with E-state index in [9.17, 15) is 8.78 Å². The Labute approximate surface area is 179 Å². The number of hydrogen-bond donors (Lipinski definition) is 1. The van der Waals surface area contributed by atoms with Crippen LogP contribution in [0.2, 0.25) is 0 Å². The van der Waals surface area contributed by atoms with E-state index in [4.69, 9.17) is 0 Å². The third-order valence-electron chi connectivity index (χ3n) is 5.33. The standard InChI is InChI=1S/C23H24F2N6/c1-4-14(2)12-27-21-19(25)15(3)28-22(29-21)20-17-9-7-11-26-23(17)31(30-20)13-16-8-5-6-10-18(16)24/h5-11,14H,4,12-13H2,1-3H3,(H,27,28,29). The Bertz CT molecular complexity index is 1220. The molecule has 0 amide bonds. The first kappa shape index (κ1) is 20.8. The number of rotatable bonds is 7. The molecule has 0 aliphatic carbocycles. The molecule has 1 unspecified atom stereocenters. The summed E-state index contributed by atoms with van der Waals surface area (Å²) in [5.74, 6) is 0.0526. The first-order valence-electron chi connectivity index (χ1n) is 10.3. The monoisotopic (exact) mass is 422 g/mol. The predicted octanol–water partition coefficient (Wildman–Crippen LogP) is 4.98. The highest BCUT2D eigenvalue weighted by Crippen LogP contribution is 2.27. The fourth-order valence-electron chi connectivity index (χ4n) is 3.27. The van der Waals surface area contributed by atoms with Gasteiger partial charge in [0.1, 0.15) is 11.5 Å². The SMILES string of the molecule is CCC(C)CNc1nc(-c2nn(Cc3ccccc3F)c3ncccc23)nc(C)c1F. The van der Waals surface area contributed by atoms with Crippen LogP contribution in [0.3, 0.4) is 0 Å². The van der Waals surface area contributed by atoms with Crippen molar-refractivity contribution in [3.05, 3.63) is 65.5 Å². The number of aromatic nitrogens is 5. The zero-order valence-electron chi connectivity index (χ0n) is 17.7. The number of nitrogens with zero attached hydrogens (tertiary/aromatic N) is 5. The van der Waals surface area contributed by atoms with Crippen molar-refractivity contribution in [2.24, 2.45) is 5.92 Å². The molecule has 0 saturated carbocycles. The molecule has 1 atom stereocenters. The van der Waals surface area contributed by atoms with E-state index >= 15 is 0 Å². The van der Waals surface area contributed by atoms with Gasteiger partial charge in [-0.05, 0) is 31.0 Å². The van der Waals surface area contributed by atoms with Crippen LogP contribution in [0.4, 0.5) is 14.6 Å². The first-order valence-corrected chi connectivity index (χ1v) is 10.3. The van der Waals surface area contributed by atoms with E-state index in [1.165, 1.54) is 6.07 Å². The van der Waals surface area contributed by atoms with Gasteiger partial charge in [0.25, 0.3) is 0 Å². The summed E-state index contributed by atoms with van der Waals surface area (Å²) in [5, 5.41) is 8.44. The van der Waals surface area contributed by atoms with Crippen LogP contribution in [0.5, 0.6) is 0 Å². The molecule has 0 aliphatic rings. The van der Waals surface area contributed by atoms with E-state index in [1.54, 1.807) is 42.1 Å². The molecule has 1 N–H and O–H groups in total. The quantitative estimate of drug-likeness (QED) is 0.455. The molecule has 0 aliphatic heterocycles. The Morgan fingerprint density at radius 2 is 1.90 bits per heavy atom. The van der Waals surface area contributed by atoms with Gasteiger partial charge >= 0.3 is 0 Å². The summed E-state index contributed by atoms with van der Waals surface area (Å²) in [5.41, 5.74) is 1.79. The fourth-order valence-corrected chi connectivity index (χ4v) is 3.27. The van der Waals surface area contributed by atoms with E-state index < -0.39 is 5.82 Å². The number of nitrogens with one attached hydrogen (secondary N) is 1. The average Bonchev–Trinajstić information content (AvgIpc) is 3.14. The second kappa shape index (κ2) is 8.75. The lowest BCUT2D eigenvalue weighted by atomic mass is 10.1. The highest BCUT2D eigenvalue weighted by atomic mass is 19.1. The summed E-state index contributed by atoms with van der Waals surface area (Å²) in [6.45, 7) is 6.59. The van der Waals surface area contributed by atoms with Gasteiger partial charge in [0.2, 0.25) is 0 Å². The predicted molar refractivity (Wildman–Crippen MR) is 117 cm³/mol. The minimum absolute atomic E-state index is 0.156. The molecule has 6 nitrogen and oxygen atoms in total. The van der Waals surface area contributed by atoms with Gasteiger partial charge in [-0.3, -0.25) is 0 Å². The molecule has 3 aromatic heterocycles. The lowest BCUT2D eigenvalue weighted by molar-refractivity contribution is 0.576. The Morgan fingerprint density at radius 1 is 1.10 bits per heavy atom. The van der Waals surface area contributed by atoms with Crippen molar-refractivity contribution < 1.29 is 8.78 Å². The second-order valence-corrected chi connectivity index (χ2v) is 7.66. The molecule has 8 heteroatoms. The van der Waals surface area contributed by atoms with Crippen molar-refractivity contribution in [2.75, 3.05) is 11.9 Å². The second-order valence-electron chi connectivity index (χ2n) is 7.66. The summed E-state index contributed by atoms with van der Waals surface area (Å²) in [4.78, 5) is 13.2. The lowest BCUT2D eigenvalue weighted by Crippen LogP contribution is -2.14. The van der Waals surface area contributed by atoms with Crippen molar-refractivity contribution in [1.82, 2.24) is 24.7 Å². The van der Waals surface area contributed by atoms with E-state index in [0.717, 1.165) is 11.8 Å². The third kappa shape index (κ3) is 4.23. The van der Waals surface area contributed by atoms with Crippen molar-refractivity contribution in [1.29, 1.82) is 0 Å². The number of halogens is 2. The van der Waals surface area contributed by atoms with Gasteiger partial charge in [0, 0.05) is 18.3 Å². The molecule has 0 bridgehead atoms. The van der Waals surface area contributed by atoms with E-state index in [-0.39, 0.29) is 23.9 Å². The lowest BCUT2D eigenvalue weighted by Gasteiger charge is -2.13. The van der Waals surface area contributed by atoms with Crippen molar-refractivity contribution in [3.8, 4) is 11.5 Å². The van der Waals surface area contributed by atoms with Crippen LogP contribution in [-0.2, 0) is 6.54 Å². The molecule has 3 heterocycles. The summed E-state index contributed by atoms with van der Waals surface area (Å²) in [6, 6.07) is 10.2. The van der Waals surface area contributed by atoms with Crippen molar-refractivity contribution in [3.63, 3.8) is 0 Å². The zero-order chi connectivity index (χ0) is 22.0. The summed E-state index contributed by atoms with van der Waals surface area (Å²) < 4.78 is 30.5. The summed E-state index contributed by atoms with van der Waals surface area (Å²) in [7, 11) is 0. The van der Waals surface area contributed by atoms with Gasteiger partial charge in [0.15, 0.2) is 23.1 Å². The van der Waals surface area contributed by atoms with Gasteiger partial charge in [0.05, 0.1) is 17.6 Å². The maximum Gasteiger partial charge on any atom is 0.186 e. The molecule has 0 fully saturated rings. The highest BCUT2D eigenvalue weighted by Gasteiger charge is 2.20. The number of benzene rings is 1.